The van der Waals surface area contributed by atoms with Gasteiger partial charge in [0, 0.05) is 0 Å². The van der Waals surface area contributed by atoms with Crippen LogP contribution in [0.3, 0.4) is 0 Å². The molecule has 0 aliphatic rings. The number of nitrogens with one attached hydrogen (secondary N) is 1. The van der Waals surface area contributed by atoms with Crippen molar-refractivity contribution in [3.8, 4) is 5.75 Å². The molecule has 38 heavy (non-hydrogen) atoms. The van der Waals surface area contributed by atoms with E-state index in [4.69, 9.17) is 4.74 Å². The minimum absolute atomic E-state index is 0.0804. The molecule has 0 unspecified atom stereocenters. The van der Waals surface area contributed by atoms with E-state index in [0.717, 1.165) is 22.4 Å². The number of hydrogen-bond acceptors (Lipinski definition) is 4. The maximum Gasteiger partial charge on any atom is 0.264 e. The molecule has 1 amide bonds. The number of hydrogen-bond donors (Lipinski definition) is 1. The number of rotatable bonds is 10. The molecule has 0 aliphatic heterocycles. The van der Waals surface area contributed by atoms with Gasteiger partial charge in [0.25, 0.3) is 15.9 Å². The topological polar surface area (TPSA) is 75.7 Å². The summed E-state index contributed by atoms with van der Waals surface area (Å²) in [5, 5.41) is 3.09. The van der Waals surface area contributed by atoms with Gasteiger partial charge in [-0.15, -0.1) is 0 Å². The highest BCUT2D eigenvalue weighted by atomic mass is 32.2. The van der Waals surface area contributed by atoms with Gasteiger partial charge in [-0.3, -0.25) is 9.10 Å². The van der Waals surface area contributed by atoms with Crippen LogP contribution in [0.5, 0.6) is 5.75 Å². The molecule has 0 radical (unpaired) electrons. The van der Waals surface area contributed by atoms with Crippen LogP contribution in [0, 0.1) is 6.92 Å². The Kier molecular flexibility index (Phi) is 8.48. The minimum atomic E-state index is -3.98. The Morgan fingerprint density at radius 2 is 1.50 bits per heavy atom. The first-order valence-electron chi connectivity index (χ1n) is 12.5. The van der Waals surface area contributed by atoms with Crippen LogP contribution in [0.25, 0.3) is 0 Å². The van der Waals surface area contributed by atoms with Crippen LogP contribution in [0.4, 0.5) is 5.69 Å². The minimum Gasteiger partial charge on any atom is -0.497 e. The summed E-state index contributed by atoms with van der Waals surface area (Å²) in [6.07, 6.45) is 0.662. The maximum atomic E-state index is 14.0. The number of amides is 1. The molecule has 6 nitrogen and oxygen atoms in total. The van der Waals surface area contributed by atoms with Gasteiger partial charge in [-0.05, 0) is 60.9 Å². The summed E-state index contributed by atoms with van der Waals surface area (Å²) in [6.45, 7) is 3.98. The SMILES string of the molecule is CC[C@@H](NC(=O)c1ccccc1N(Cc1ccccc1)S(=O)(=O)c1ccc(C)cc1)c1ccc(OC)cc1. The van der Waals surface area contributed by atoms with E-state index in [1.165, 1.54) is 4.31 Å². The molecule has 0 saturated heterocycles. The molecular formula is C31H32N2O4S. The number of methoxy groups -OCH3 is 1. The summed E-state index contributed by atoms with van der Waals surface area (Å²) in [4.78, 5) is 13.8. The van der Waals surface area contributed by atoms with Crippen LogP contribution in [0.2, 0.25) is 0 Å². The van der Waals surface area contributed by atoms with Crippen molar-refractivity contribution in [1.29, 1.82) is 0 Å². The largest absolute Gasteiger partial charge is 0.497 e. The molecule has 4 aromatic carbocycles. The van der Waals surface area contributed by atoms with Gasteiger partial charge < -0.3 is 10.1 Å². The summed E-state index contributed by atoms with van der Waals surface area (Å²) in [5.41, 5.74) is 3.31. The lowest BCUT2D eigenvalue weighted by molar-refractivity contribution is 0.0936. The number of ether oxygens (including phenoxy) is 1. The van der Waals surface area contributed by atoms with Gasteiger partial charge in [0.05, 0.1) is 35.8 Å². The van der Waals surface area contributed by atoms with Gasteiger partial charge in [-0.1, -0.05) is 79.2 Å². The van der Waals surface area contributed by atoms with Crippen LogP contribution in [-0.4, -0.2) is 21.4 Å². The summed E-state index contributed by atoms with van der Waals surface area (Å²) >= 11 is 0. The lowest BCUT2D eigenvalue weighted by Gasteiger charge is -2.27. The summed E-state index contributed by atoms with van der Waals surface area (Å²) in [5.74, 6) is 0.388. The van der Waals surface area contributed by atoms with E-state index in [-0.39, 0.29) is 29.0 Å². The fourth-order valence-electron chi connectivity index (χ4n) is 4.26. The van der Waals surface area contributed by atoms with Crippen LogP contribution in [0.1, 0.15) is 46.4 Å². The Balaban J connectivity index is 1.73. The molecule has 7 heteroatoms. The van der Waals surface area contributed by atoms with E-state index in [0.29, 0.717) is 12.1 Å². The van der Waals surface area contributed by atoms with E-state index in [9.17, 15) is 13.2 Å². The molecule has 0 spiro atoms. The van der Waals surface area contributed by atoms with Crippen molar-refractivity contribution in [2.45, 2.75) is 37.8 Å². The molecule has 0 saturated carbocycles. The van der Waals surface area contributed by atoms with Crippen LogP contribution >= 0.6 is 0 Å². The molecule has 196 valence electrons. The van der Waals surface area contributed by atoms with Crippen molar-refractivity contribution >= 4 is 21.6 Å². The molecule has 0 bridgehead atoms. The Bertz CT molecular complexity index is 1470. The van der Waals surface area contributed by atoms with Gasteiger partial charge >= 0.3 is 0 Å². The summed E-state index contributed by atoms with van der Waals surface area (Å²) in [7, 11) is -2.37. The number of carbonyl (C=O) groups is 1. The fourth-order valence-corrected chi connectivity index (χ4v) is 5.73. The monoisotopic (exact) mass is 528 g/mol. The predicted molar refractivity (Wildman–Crippen MR) is 151 cm³/mol. The first-order valence-corrected chi connectivity index (χ1v) is 13.9. The normalized spacial score (nSPS) is 12.0. The molecule has 4 rings (SSSR count). The third kappa shape index (κ3) is 6.06. The molecule has 1 N–H and O–H groups in total. The highest BCUT2D eigenvalue weighted by molar-refractivity contribution is 7.92. The zero-order valence-electron chi connectivity index (χ0n) is 21.8. The van der Waals surface area contributed by atoms with Crippen molar-refractivity contribution in [2.24, 2.45) is 0 Å². The second-order valence-electron chi connectivity index (χ2n) is 9.03. The summed E-state index contributed by atoms with van der Waals surface area (Å²) < 4.78 is 34.5. The third-order valence-electron chi connectivity index (χ3n) is 6.43. The number of sulfonamides is 1. The molecule has 0 aliphatic carbocycles. The number of para-hydroxylation sites is 1. The Morgan fingerprint density at radius 3 is 2.13 bits per heavy atom. The van der Waals surface area contributed by atoms with E-state index in [1.807, 2.05) is 68.4 Å². The van der Waals surface area contributed by atoms with E-state index >= 15 is 0 Å². The van der Waals surface area contributed by atoms with E-state index in [2.05, 4.69) is 5.32 Å². The first kappa shape index (κ1) is 26.9. The second kappa shape index (κ2) is 12.0. The van der Waals surface area contributed by atoms with E-state index in [1.54, 1.807) is 55.6 Å². The fraction of sp³-hybridized carbons (Fsp3) is 0.194. The van der Waals surface area contributed by atoms with Crippen molar-refractivity contribution in [3.05, 3.63) is 125 Å². The molecule has 4 aromatic rings. The van der Waals surface area contributed by atoms with Crippen LogP contribution in [-0.2, 0) is 16.6 Å². The van der Waals surface area contributed by atoms with Gasteiger partial charge in [0.2, 0.25) is 0 Å². The van der Waals surface area contributed by atoms with Crippen LogP contribution in [0.15, 0.2) is 108 Å². The third-order valence-corrected chi connectivity index (χ3v) is 8.20. The zero-order valence-corrected chi connectivity index (χ0v) is 22.6. The standard InChI is InChI=1S/C31H32N2O4S/c1-4-29(25-16-18-26(37-3)19-17-25)32-31(34)28-12-8-9-13-30(28)33(22-24-10-6-5-7-11-24)38(35,36)27-20-14-23(2)15-21-27/h5-21,29H,4,22H2,1-3H3,(H,32,34)/t29-/m1/s1. The Labute approximate surface area is 225 Å². The predicted octanol–water partition coefficient (Wildman–Crippen LogP) is 6.28. The summed E-state index contributed by atoms with van der Waals surface area (Å²) in [6, 6.07) is 30.2. The van der Waals surface area contributed by atoms with Gasteiger partial charge in [-0.2, -0.15) is 0 Å². The number of carbonyl (C=O) groups excluding carboxylic acids is 1. The number of nitrogens with zero attached hydrogens (tertiary/aromatic N) is 1. The average Bonchev–Trinajstić information content (AvgIpc) is 2.95. The van der Waals surface area contributed by atoms with Gasteiger partial charge in [0.15, 0.2) is 0 Å². The van der Waals surface area contributed by atoms with E-state index < -0.39 is 10.0 Å². The molecule has 0 fully saturated rings. The van der Waals surface area contributed by atoms with Crippen molar-refractivity contribution in [3.63, 3.8) is 0 Å². The van der Waals surface area contributed by atoms with Gasteiger partial charge in [-0.25, -0.2) is 8.42 Å². The van der Waals surface area contributed by atoms with Crippen molar-refractivity contribution < 1.29 is 17.9 Å². The number of anilines is 1. The van der Waals surface area contributed by atoms with Crippen molar-refractivity contribution in [2.75, 3.05) is 11.4 Å². The molecule has 0 heterocycles. The van der Waals surface area contributed by atoms with Crippen LogP contribution < -0.4 is 14.4 Å². The van der Waals surface area contributed by atoms with Gasteiger partial charge in [0.1, 0.15) is 5.75 Å². The average molecular weight is 529 g/mol. The highest BCUT2D eigenvalue weighted by Crippen LogP contribution is 2.30. The lowest BCUT2D eigenvalue weighted by Crippen LogP contribution is -2.34. The second-order valence-corrected chi connectivity index (χ2v) is 10.9. The van der Waals surface area contributed by atoms with Crippen molar-refractivity contribution in [1.82, 2.24) is 5.32 Å². The number of aryl methyl sites for hydroxylation is 1. The Morgan fingerprint density at radius 1 is 0.868 bits per heavy atom. The molecule has 1 atom stereocenters. The maximum absolute atomic E-state index is 14.0. The first-order chi connectivity index (χ1) is 18.3. The molecule has 0 aromatic heterocycles. The quantitative estimate of drug-likeness (QED) is 0.263. The smallest absolute Gasteiger partial charge is 0.264 e. The molecular weight excluding hydrogens is 496 g/mol. The Hall–Kier alpha value is -4.10. The number of benzene rings is 4. The highest BCUT2D eigenvalue weighted by Gasteiger charge is 2.29. The zero-order chi connectivity index (χ0) is 27.1. The lowest BCUT2D eigenvalue weighted by atomic mass is 10.0.